The molecule has 0 saturated carbocycles. The number of nitrogens with zero attached hydrogens (tertiary/aromatic N) is 1. The minimum Gasteiger partial charge on any atom is -0.436 e. The van der Waals surface area contributed by atoms with Gasteiger partial charge in [0, 0.05) is 17.8 Å². The molecule has 2 nitrogen and oxygen atoms in total. The van der Waals surface area contributed by atoms with E-state index in [1.165, 1.54) is 6.07 Å². The van der Waals surface area contributed by atoms with Crippen LogP contribution in [0.3, 0.4) is 0 Å². The molecule has 0 aliphatic heterocycles. The van der Waals surface area contributed by atoms with Crippen LogP contribution < -0.4 is 4.74 Å². The average molecular weight is 263 g/mol. The lowest BCUT2D eigenvalue weighted by atomic mass is 9.88. The quantitative estimate of drug-likeness (QED) is 0.798. The number of benzene rings is 1. The van der Waals surface area contributed by atoms with E-state index >= 15 is 0 Å². The van der Waals surface area contributed by atoms with E-state index in [0.29, 0.717) is 5.88 Å². The predicted molar refractivity (Wildman–Crippen MR) is 69.4 cm³/mol. The third-order valence-electron chi connectivity index (χ3n) is 2.68. The Kier molecular flexibility index (Phi) is 3.51. The zero-order chi connectivity index (χ0) is 14.0. The molecule has 2 aromatic rings. The van der Waals surface area contributed by atoms with Crippen LogP contribution in [-0.4, -0.2) is 4.98 Å². The van der Waals surface area contributed by atoms with Gasteiger partial charge in [0.25, 0.3) is 0 Å². The van der Waals surface area contributed by atoms with Crippen LogP contribution in [-0.2, 0) is 5.41 Å². The molecule has 1 heterocycles. The van der Waals surface area contributed by atoms with Gasteiger partial charge < -0.3 is 4.74 Å². The highest BCUT2D eigenvalue weighted by Gasteiger charge is 2.20. The number of hydrogen-bond acceptors (Lipinski definition) is 2. The summed E-state index contributed by atoms with van der Waals surface area (Å²) < 4.78 is 31.9. The van der Waals surface area contributed by atoms with Crippen molar-refractivity contribution >= 4 is 0 Å². The molecule has 19 heavy (non-hydrogen) atoms. The minimum absolute atomic E-state index is 0.0365. The van der Waals surface area contributed by atoms with Gasteiger partial charge in [-0.3, -0.25) is 0 Å². The average Bonchev–Trinajstić information content (AvgIpc) is 2.32. The maximum Gasteiger partial charge on any atom is 0.223 e. The summed E-state index contributed by atoms with van der Waals surface area (Å²) in [5, 5.41) is 0. The van der Waals surface area contributed by atoms with Gasteiger partial charge in [0.2, 0.25) is 5.88 Å². The topological polar surface area (TPSA) is 22.1 Å². The van der Waals surface area contributed by atoms with Crippen molar-refractivity contribution in [1.82, 2.24) is 4.98 Å². The minimum atomic E-state index is -0.745. The molecule has 0 saturated heterocycles. The fourth-order valence-electron chi connectivity index (χ4n) is 1.71. The van der Waals surface area contributed by atoms with Gasteiger partial charge in [-0.15, -0.1) is 0 Å². The molecule has 1 aromatic heterocycles. The van der Waals surface area contributed by atoms with E-state index in [1.54, 1.807) is 12.3 Å². The summed E-state index contributed by atoms with van der Waals surface area (Å²) in [7, 11) is 0. The molecule has 0 atom stereocenters. The second-order valence-corrected chi connectivity index (χ2v) is 5.28. The Balaban J connectivity index is 2.39. The zero-order valence-corrected chi connectivity index (χ0v) is 11.1. The standard InChI is InChI=1S/C15H15F2NO/c1-15(2,3)11-5-4-8-18-14(11)19-13-7-6-10(16)9-12(13)17/h4-9H,1-3H3. The molecule has 0 unspecified atom stereocenters. The molecule has 0 amide bonds. The van der Waals surface area contributed by atoms with E-state index in [1.807, 2.05) is 26.8 Å². The van der Waals surface area contributed by atoms with E-state index in [-0.39, 0.29) is 11.2 Å². The molecule has 2 rings (SSSR count). The summed E-state index contributed by atoms with van der Waals surface area (Å²) in [5.41, 5.74) is 0.679. The van der Waals surface area contributed by atoms with E-state index in [2.05, 4.69) is 4.98 Å². The van der Waals surface area contributed by atoms with Crippen molar-refractivity contribution in [2.45, 2.75) is 26.2 Å². The van der Waals surface area contributed by atoms with Crippen LogP contribution in [0.4, 0.5) is 8.78 Å². The van der Waals surface area contributed by atoms with Crippen LogP contribution in [0.2, 0.25) is 0 Å². The van der Waals surface area contributed by atoms with Crippen LogP contribution in [0.5, 0.6) is 11.6 Å². The smallest absolute Gasteiger partial charge is 0.223 e. The van der Waals surface area contributed by atoms with Gasteiger partial charge in [0.05, 0.1) is 0 Å². The lowest BCUT2D eigenvalue weighted by molar-refractivity contribution is 0.407. The summed E-state index contributed by atoms with van der Waals surface area (Å²) in [4.78, 5) is 4.12. The number of rotatable bonds is 2. The van der Waals surface area contributed by atoms with Gasteiger partial charge in [-0.1, -0.05) is 26.8 Å². The molecule has 0 N–H and O–H groups in total. The van der Waals surface area contributed by atoms with Crippen molar-refractivity contribution in [2.24, 2.45) is 0 Å². The van der Waals surface area contributed by atoms with Crippen LogP contribution in [0.25, 0.3) is 0 Å². The summed E-state index contributed by atoms with van der Waals surface area (Å²) in [6.45, 7) is 6.04. The molecular formula is C15H15F2NO. The summed E-state index contributed by atoms with van der Waals surface area (Å²) >= 11 is 0. The third-order valence-corrected chi connectivity index (χ3v) is 2.68. The Bertz CT molecular complexity index is 591. The largest absolute Gasteiger partial charge is 0.436 e. The molecule has 0 spiro atoms. The van der Waals surface area contributed by atoms with Crippen LogP contribution >= 0.6 is 0 Å². The summed E-state index contributed by atoms with van der Waals surface area (Å²) in [6, 6.07) is 6.87. The lowest BCUT2D eigenvalue weighted by Crippen LogP contribution is -2.13. The van der Waals surface area contributed by atoms with Crippen molar-refractivity contribution in [3.05, 3.63) is 53.7 Å². The monoisotopic (exact) mass is 263 g/mol. The molecule has 4 heteroatoms. The second-order valence-electron chi connectivity index (χ2n) is 5.28. The van der Waals surface area contributed by atoms with Crippen LogP contribution in [0.15, 0.2) is 36.5 Å². The van der Waals surface area contributed by atoms with Gasteiger partial charge in [0.1, 0.15) is 5.82 Å². The first kappa shape index (κ1) is 13.5. The molecule has 0 radical (unpaired) electrons. The normalized spacial score (nSPS) is 11.4. The van der Waals surface area contributed by atoms with E-state index in [4.69, 9.17) is 4.74 Å². The predicted octanol–water partition coefficient (Wildman–Crippen LogP) is 4.45. The highest BCUT2D eigenvalue weighted by molar-refractivity contribution is 5.36. The van der Waals surface area contributed by atoms with Gasteiger partial charge in [-0.05, 0) is 23.6 Å². The first-order valence-corrected chi connectivity index (χ1v) is 5.96. The van der Waals surface area contributed by atoms with Crippen LogP contribution in [0.1, 0.15) is 26.3 Å². The second kappa shape index (κ2) is 4.96. The molecule has 1 aromatic carbocycles. The molecule has 0 aliphatic rings. The lowest BCUT2D eigenvalue weighted by Gasteiger charge is -2.21. The van der Waals surface area contributed by atoms with Crippen molar-refractivity contribution in [3.8, 4) is 11.6 Å². The van der Waals surface area contributed by atoms with Crippen molar-refractivity contribution < 1.29 is 13.5 Å². The maximum absolute atomic E-state index is 13.6. The molecule has 0 fully saturated rings. The molecule has 0 aliphatic carbocycles. The first-order chi connectivity index (χ1) is 8.88. The molecule has 100 valence electrons. The van der Waals surface area contributed by atoms with Crippen LogP contribution in [0, 0.1) is 11.6 Å². The summed E-state index contributed by atoms with van der Waals surface area (Å²) in [5.74, 6) is -1.08. The summed E-state index contributed by atoms with van der Waals surface area (Å²) in [6.07, 6.45) is 1.58. The molecule has 0 bridgehead atoms. The van der Waals surface area contributed by atoms with Crippen molar-refractivity contribution in [1.29, 1.82) is 0 Å². The van der Waals surface area contributed by atoms with E-state index < -0.39 is 11.6 Å². The fourth-order valence-corrected chi connectivity index (χ4v) is 1.71. The Labute approximate surface area is 111 Å². The third kappa shape index (κ3) is 3.08. The number of aromatic nitrogens is 1. The highest BCUT2D eigenvalue weighted by atomic mass is 19.1. The number of ether oxygens (including phenoxy) is 1. The Morgan fingerprint density at radius 1 is 1.11 bits per heavy atom. The van der Waals surface area contributed by atoms with E-state index in [9.17, 15) is 8.78 Å². The van der Waals surface area contributed by atoms with Gasteiger partial charge in [0.15, 0.2) is 11.6 Å². The van der Waals surface area contributed by atoms with Gasteiger partial charge >= 0.3 is 0 Å². The Morgan fingerprint density at radius 2 is 1.84 bits per heavy atom. The van der Waals surface area contributed by atoms with E-state index in [0.717, 1.165) is 17.7 Å². The Morgan fingerprint density at radius 3 is 2.47 bits per heavy atom. The Hall–Kier alpha value is -1.97. The fraction of sp³-hybridized carbons (Fsp3) is 0.267. The number of hydrogen-bond donors (Lipinski definition) is 0. The van der Waals surface area contributed by atoms with Gasteiger partial charge in [-0.25, -0.2) is 13.8 Å². The van der Waals surface area contributed by atoms with Crippen molar-refractivity contribution in [2.75, 3.05) is 0 Å². The SMILES string of the molecule is CC(C)(C)c1cccnc1Oc1ccc(F)cc1F. The van der Waals surface area contributed by atoms with Crippen molar-refractivity contribution in [3.63, 3.8) is 0 Å². The highest BCUT2D eigenvalue weighted by Crippen LogP contribution is 2.33. The number of halogens is 2. The van der Waals surface area contributed by atoms with Gasteiger partial charge in [-0.2, -0.15) is 0 Å². The zero-order valence-electron chi connectivity index (χ0n) is 11.1. The maximum atomic E-state index is 13.6. The first-order valence-electron chi connectivity index (χ1n) is 5.96. The number of pyridine rings is 1. The molecular weight excluding hydrogens is 248 g/mol.